The van der Waals surface area contributed by atoms with E-state index < -0.39 is 0 Å². The number of unbranched alkanes of at least 4 members (excludes halogenated alkanes) is 4. The lowest BCUT2D eigenvalue weighted by Gasteiger charge is -2.25. The molecule has 0 unspecified atom stereocenters. The van der Waals surface area contributed by atoms with Crippen LogP contribution in [0.2, 0.25) is 0 Å². The van der Waals surface area contributed by atoms with Crippen molar-refractivity contribution in [3.63, 3.8) is 0 Å². The number of rotatable bonds is 7. The van der Waals surface area contributed by atoms with E-state index in [1.807, 2.05) is 12.4 Å². The summed E-state index contributed by atoms with van der Waals surface area (Å²) >= 11 is 0. The summed E-state index contributed by atoms with van der Waals surface area (Å²) in [6.07, 6.45) is 11.9. The van der Waals surface area contributed by atoms with Crippen LogP contribution in [0.15, 0.2) is 24.5 Å². The molecule has 0 bridgehead atoms. The Balaban J connectivity index is 2.35. The van der Waals surface area contributed by atoms with Crippen LogP contribution in [0.25, 0.3) is 0 Å². The Morgan fingerprint density at radius 1 is 1.00 bits per heavy atom. The first-order valence-electron chi connectivity index (χ1n) is 6.57. The van der Waals surface area contributed by atoms with Gasteiger partial charge in [0, 0.05) is 12.4 Å². The third-order valence-electron chi connectivity index (χ3n) is 3.37. The SMILES string of the molecule is CCCCCCCC(C)(C)c1ccncc1. The lowest BCUT2D eigenvalue weighted by molar-refractivity contribution is 0.443. The van der Waals surface area contributed by atoms with Gasteiger partial charge in [0.1, 0.15) is 0 Å². The zero-order valence-corrected chi connectivity index (χ0v) is 11.0. The molecule has 1 heteroatoms. The van der Waals surface area contributed by atoms with Gasteiger partial charge in [-0.15, -0.1) is 0 Å². The van der Waals surface area contributed by atoms with E-state index in [0.717, 1.165) is 0 Å². The lowest BCUT2D eigenvalue weighted by atomic mass is 9.80. The van der Waals surface area contributed by atoms with Gasteiger partial charge in [0.15, 0.2) is 0 Å². The maximum Gasteiger partial charge on any atom is 0.0270 e. The summed E-state index contributed by atoms with van der Waals surface area (Å²) < 4.78 is 0. The quantitative estimate of drug-likeness (QED) is 0.605. The van der Waals surface area contributed by atoms with Crippen molar-refractivity contribution in [1.29, 1.82) is 0 Å². The molecule has 1 aromatic rings. The van der Waals surface area contributed by atoms with Gasteiger partial charge in [-0.3, -0.25) is 4.98 Å². The minimum Gasteiger partial charge on any atom is -0.265 e. The monoisotopic (exact) mass is 219 g/mol. The first-order chi connectivity index (χ1) is 7.67. The molecule has 0 fully saturated rings. The van der Waals surface area contributed by atoms with Gasteiger partial charge in [-0.25, -0.2) is 0 Å². The highest BCUT2D eigenvalue weighted by atomic mass is 14.6. The number of aromatic nitrogens is 1. The second kappa shape index (κ2) is 6.67. The largest absolute Gasteiger partial charge is 0.265 e. The van der Waals surface area contributed by atoms with Crippen molar-refractivity contribution in [1.82, 2.24) is 4.98 Å². The second-order valence-corrected chi connectivity index (χ2v) is 5.28. The summed E-state index contributed by atoms with van der Waals surface area (Å²) in [6.45, 7) is 6.94. The van der Waals surface area contributed by atoms with Gasteiger partial charge < -0.3 is 0 Å². The van der Waals surface area contributed by atoms with Crippen LogP contribution < -0.4 is 0 Å². The summed E-state index contributed by atoms with van der Waals surface area (Å²) in [6, 6.07) is 4.29. The van der Waals surface area contributed by atoms with E-state index >= 15 is 0 Å². The van der Waals surface area contributed by atoms with Crippen molar-refractivity contribution < 1.29 is 0 Å². The van der Waals surface area contributed by atoms with E-state index in [-0.39, 0.29) is 0 Å². The molecule has 1 nitrogen and oxygen atoms in total. The summed E-state index contributed by atoms with van der Waals surface area (Å²) in [7, 11) is 0. The summed E-state index contributed by atoms with van der Waals surface area (Å²) in [4.78, 5) is 4.08. The molecule has 0 atom stereocenters. The van der Waals surface area contributed by atoms with Crippen molar-refractivity contribution in [3.8, 4) is 0 Å². The molecule has 1 heterocycles. The van der Waals surface area contributed by atoms with Crippen LogP contribution >= 0.6 is 0 Å². The Morgan fingerprint density at radius 3 is 2.25 bits per heavy atom. The van der Waals surface area contributed by atoms with Gasteiger partial charge in [-0.2, -0.15) is 0 Å². The number of hydrogen-bond donors (Lipinski definition) is 0. The number of pyridine rings is 1. The molecule has 0 aliphatic rings. The second-order valence-electron chi connectivity index (χ2n) is 5.28. The predicted molar refractivity (Wildman–Crippen MR) is 70.6 cm³/mol. The van der Waals surface area contributed by atoms with Crippen molar-refractivity contribution in [2.75, 3.05) is 0 Å². The first kappa shape index (κ1) is 13.2. The zero-order valence-electron chi connectivity index (χ0n) is 11.0. The van der Waals surface area contributed by atoms with Gasteiger partial charge in [0.2, 0.25) is 0 Å². The fraction of sp³-hybridized carbons (Fsp3) is 0.667. The van der Waals surface area contributed by atoms with Crippen LogP contribution in [0.4, 0.5) is 0 Å². The summed E-state index contributed by atoms with van der Waals surface area (Å²) in [5, 5.41) is 0. The Kier molecular flexibility index (Phi) is 5.51. The molecule has 0 aliphatic heterocycles. The molecule has 1 rings (SSSR count). The third-order valence-corrected chi connectivity index (χ3v) is 3.37. The van der Waals surface area contributed by atoms with Crippen LogP contribution in [0.5, 0.6) is 0 Å². The number of nitrogens with zero attached hydrogens (tertiary/aromatic N) is 1. The predicted octanol–water partition coefficient (Wildman–Crippen LogP) is 4.72. The average Bonchev–Trinajstić information content (AvgIpc) is 2.30. The van der Waals surface area contributed by atoms with Crippen molar-refractivity contribution in [3.05, 3.63) is 30.1 Å². The van der Waals surface area contributed by atoms with Crippen molar-refractivity contribution in [2.45, 2.75) is 64.7 Å². The van der Waals surface area contributed by atoms with Gasteiger partial charge in [-0.05, 0) is 29.5 Å². The van der Waals surface area contributed by atoms with Crippen LogP contribution in [0.1, 0.15) is 64.9 Å². The van der Waals surface area contributed by atoms with Crippen LogP contribution in [-0.4, -0.2) is 4.98 Å². The molecule has 0 amide bonds. The van der Waals surface area contributed by atoms with Gasteiger partial charge in [0.05, 0.1) is 0 Å². The summed E-state index contributed by atoms with van der Waals surface area (Å²) in [5.41, 5.74) is 1.72. The minimum absolute atomic E-state index is 0.301. The maximum atomic E-state index is 4.08. The molecular formula is C15H25N. The Morgan fingerprint density at radius 2 is 1.62 bits per heavy atom. The third kappa shape index (κ3) is 4.34. The van der Waals surface area contributed by atoms with Crippen molar-refractivity contribution in [2.24, 2.45) is 0 Å². The maximum absolute atomic E-state index is 4.08. The first-order valence-corrected chi connectivity index (χ1v) is 6.57. The molecule has 90 valence electrons. The number of hydrogen-bond acceptors (Lipinski definition) is 1. The molecule has 0 aliphatic carbocycles. The zero-order chi connectivity index (χ0) is 11.9. The van der Waals surface area contributed by atoms with Crippen LogP contribution in [-0.2, 0) is 5.41 Å². The fourth-order valence-corrected chi connectivity index (χ4v) is 2.12. The summed E-state index contributed by atoms with van der Waals surface area (Å²) in [5.74, 6) is 0. The highest BCUT2D eigenvalue weighted by Gasteiger charge is 2.19. The average molecular weight is 219 g/mol. The standard InChI is InChI=1S/C15H25N/c1-4-5-6-7-8-11-15(2,3)14-9-12-16-13-10-14/h9-10,12-13H,4-8,11H2,1-3H3. The van der Waals surface area contributed by atoms with Gasteiger partial charge in [0.25, 0.3) is 0 Å². The fourth-order valence-electron chi connectivity index (χ4n) is 2.12. The van der Waals surface area contributed by atoms with E-state index in [1.54, 1.807) is 0 Å². The molecule has 0 spiro atoms. The van der Waals surface area contributed by atoms with E-state index in [4.69, 9.17) is 0 Å². The van der Waals surface area contributed by atoms with Crippen LogP contribution in [0, 0.1) is 0 Å². The molecule has 16 heavy (non-hydrogen) atoms. The Bertz CT molecular complexity index is 277. The molecule has 0 saturated heterocycles. The normalized spacial score (nSPS) is 11.7. The molecule has 1 aromatic heterocycles. The molecular weight excluding hydrogens is 194 g/mol. The van der Waals surface area contributed by atoms with E-state index in [0.29, 0.717) is 5.41 Å². The molecule has 0 aromatic carbocycles. The molecule has 0 radical (unpaired) electrons. The van der Waals surface area contributed by atoms with Crippen LogP contribution in [0.3, 0.4) is 0 Å². The van der Waals surface area contributed by atoms with Crippen molar-refractivity contribution >= 4 is 0 Å². The van der Waals surface area contributed by atoms with E-state index in [1.165, 1.54) is 44.1 Å². The topological polar surface area (TPSA) is 12.9 Å². The Hall–Kier alpha value is -0.850. The minimum atomic E-state index is 0.301. The lowest BCUT2D eigenvalue weighted by Crippen LogP contribution is -2.16. The Labute approximate surface area is 100 Å². The smallest absolute Gasteiger partial charge is 0.0270 e. The highest BCUT2D eigenvalue weighted by Crippen LogP contribution is 2.28. The highest BCUT2D eigenvalue weighted by molar-refractivity contribution is 5.20. The van der Waals surface area contributed by atoms with Gasteiger partial charge >= 0.3 is 0 Å². The van der Waals surface area contributed by atoms with E-state index in [2.05, 4.69) is 37.9 Å². The molecule has 0 saturated carbocycles. The van der Waals surface area contributed by atoms with Gasteiger partial charge in [-0.1, -0.05) is 52.9 Å². The van der Waals surface area contributed by atoms with E-state index in [9.17, 15) is 0 Å². The molecule has 0 N–H and O–H groups in total.